The standard InChI is InChI=1S/C14H21NO2/c1-5-14(4,13(16)17)15(6-2)12-9-7-11(3)8-10-12/h7-10H,5-6H2,1-4H3,(H,16,17). The Morgan fingerprint density at radius 3 is 2.18 bits per heavy atom. The molecule has 1 aromatic rings. The number of rotatable bonds is 5. The van der Waals surface area contributed by atoms with Gasteiger partial charge < -0.3 is 10.0 Å². The Balaban J connectivity index is 3.14. The second-order valence-corrected chi connectivity index (χ2v) is 4.51. The molecule has 3 heteroatoms. The van der Waals surface area contributed by atoms with Gasteiger partial charge in [-0.3, -0.25) is 0 Å². The van der Waals surface area contributed by atoms with E-state index in [1.807, 2.05) is 49.9 Å². The highest BCUT2D eigenvalue weighted by Gasteiger charge is 2.37. The summed E-state index contributed by atoms with van der Waals surface area (Å²) >= 11 is 0. The first-order valence-electron chi connectivity index (χ1n) is 6.03. The van der Waals surface area contributed by atoms with Crippen molar-refractivity contribution in [2.45, 2.75) is 39.7 Å². The first-order chi connectivity index (χ1) is 7.95. The van der Waals surface area contributed by atoms with E-state index in [4.69, 9.17) is 0 Å². The average Bonchev–Trinajstić information content (AvgIpc) is 2.31. The van der Waals surface area contributed by atoms with Crippen molar-refractivity contribution in [1.82, 2.24) is 0 Å². The second-order valence-electron chi connectivity index (χ2n) is 4.51. The van der Waals surface area contributed by atoms with Crippen LogP contribution in [0.25, 0.3) is 0 Å². The zero-order valence-electron chi connectivity index (χ0n) is 11.0. The molecule has 0 aromatic heterocycles. The minimum Gasteiger partial charge on any atom is -0.480 e. The summed E-state index contributed by atoms with van der Waals surface area (Å²) in [6.45, 7) is 8.37. The minimum atomic E-state index is -0.843. The molecule has 1 unspecified atom stereocenters. The van der Waals surface area contributed by atoms with E-state index in [1.54, 1.807) is 6.92 Å². The van der Waals surface area contributed by atoms with E-state index in [-0.39, 0.29) is 0 Å². The Morgan fingerprint density at radius 1 is 1.29 bits per heavy atom. The third-order valence-electron chi connectivity index (χ3n) is 3.41. The van der Waals surface area contributed by atoms with Crippen LogP contribution in [-0.2, 0) is 4.79 Å². The zero-order chi connectivity index (χ0) is 13.1. The predicted octanol–water partition coefficient (Wildman–Crippen LogP) is 3.07. The van der Waals surface area contributed by atoms with Crippen LogP contribution in [-0.4, -0.2) is 23.2 Å². The number of carbonyl (C=O) groups is 1. The molecule has 0 fully saturated rings. The van der Waals surface area contributed by atoms with Crippen molar-refractivity contribution in [3.05, 3.63) is 29.8 Å². The number of hydrogen-bond acceptors (Lipinski definition) is 2. The quantitative estimate of drug-likeness (QED) is 0.852. The Morgan fingerprint density at radius 2 is 1.82 bits per heavy atom. The van der Waals surface area contributed by atoms with E-state index in [0.717, 1.165) is 5.69 Å². The van der Waals surface area contributed by atoms with Crippen LogP contribution < -0.4 is 4.90 Å². The van der Waals surface area contributed by atoms with Crippen LogP contribution in [0.2, 0.25) is 0 Å². The molecule has 0 bridgehead atoms. The SMILES string of the molecule is CCN(c1ccc(C)cc1)C(C)(CC)C(=O)O. The molecule has 0 radical (unpaired) electrons. The van der Waals surface area contributed by atoms with Gasteiger partial charge in [-0.2, -0.15) is 0 Å². The molecular formula is C14H21NO2. The Labute approximate surface area is 103 Å². The Bertz CT molecular complexity index is 386. The Hall–Kier alpha value is -1.51. The van der Waals surface area contributed by atoms with Crippen LogP contribution in [0.1, 0.15) is 32.8 Å². The molecule has 0 saturated heterocycles. The molecule has 3 nitrogen and oxygen atoms in total. The van der Waals surface area contributed by atoms with E-state index in [1.165, 1.54) is 5.56 Å². The van der Waals surface area contributed by atoms with Crippen molar-refractivity contribution in [2.24, 2.45) is 0 Å². The van der Waals surface area contributed by atoms with Crippen molar-refractivity contribution >= 4 is 11.7 Å². The van der Waals surface area contributed by atoms with Gasteiger partial charge in [0.2, 0.25) is 0 Å². The van der Waals surface area contributed by atoms with E-state index < -0.39 is 11.5 Å². The summed E-state index contributed by atoms with van der Waals surface area (Å²) in [6, 6.07) is 7.98. The van der Waals surface area contributed by atoms with Crippen molar-refractivity contribution in [1.29, 1.82) is 0 Å². The maximum absolute atomic E-state index is 11.5. The number of likely N-dealkylation sites (N-methyl/N-ethyl adjacent to an activating group) is 1. The molecule has 1 N–H and O–H groups in total. The van der Waals surface area contributed by atoms with Gasteiger partial charge in [-0.15, -0.1) is 0 Å². The fourth-order valence-electron chi connectivity index (χ4n) is 2.00. The number of benzene rings is 1. The normalized spacial score (nSPS) is 14.1. The number of aryl methyl sites for hydroxylation is 1. The topological polar surface area (TPSA) is 40.5 Å². The summed E-state index contributed by atoms with van der Waals surface area (Å²) in [5, 5.41) is 9.41. The van der Waals surface area contributed by atoms with E-state index in [0.29, 0.717) is 13.0 Å². The van der Waals surface area contributed by atoms with Gasteiger partial charge in [0.1, 0.15) is 5.54 Å². The summed E-state index contributed by atoms with van der Waals surface area (Å²) in [5.74, 6) is -0.776. The molecular weight excluding hydrogens is 214 g/mol. The fourth-order valence-corrected chi connectivity index (χ4v) is 2.00. The van der Waals surface area contributed by atoms with Crippen LogP contribution >= 0.6 is 0 Å². The molecule has 1 aromatic carbocycles. The second kappa shape index (κ2) is 5.21. The fraction of sp³-hybridized carbons (Fsp3) is 0.500. The summed E-state index contributed by atoms with van der Waals surface area (Å²) in [6.07, 6.45) is 0.573. The number of aliphatic carboxylic acids is 1. The van der Waals surface area contributed by atoms with Crippen molar-refractivity contribution in [3.63, 3.8) is 0 Å². The lowest BCUT2D eigenvalue weighted by atomic mass is 9.95. The molecule has 0 aliphatic carbocycles. The van der Waals surface area contributed by atoms with Crippen LogP contribution in [0, 0.1) is 6.92 Å². The molecule has 0 aliphatic heterocycles. The van der Waals surface area contributed by atoms with Crippen LogP contribution in [0.4, 0.5) is 5.69 Å². The molecule has 1 atom stereocenters. The highest BCUT2D eigenvalue weighted by Crippen LogP contribution is 2.27. The van der Waals surface area contributed by atoms with Crippen LogP contribution in [0.3, 0.4) is 0 Å². The summed E-state index contributed by atoms with van der Waals surface area (Å²) in [5.41, 5.74) is 1.30. The zero-order valence-corrected chi connectivity index (χ0v) is 11.0. The maximum atomic E-state index is 11.5. The molecule has 0 amide bonds. The lowest BCUT2D eigenvalue weighted by molar-refractivity contribution is -0.142. The number of hydrogen-bond donors (Lipinski definition) is 1. The van der Waals surface area contributed by atoms with Crippen molar-refractivity contribution in [2.75, 3.05) is 11.4 Å². The lowest BCUT2D eigenvalue weighted by Crippen LogP contribution is -2.52. The van der Waals surface area contributed by atoms with Crippen LogP contribution in [0.5, 0.6) is 0 Å². The third kappa shape index (κ3) is 2.60. The molecule has 1 rings (SSSR count). The molecule has 0 saturated carbocycles. The molecule has 0 heterocycles. The lowest BCUT2D eigenvalue weighted by Gasteiger charge is -2.38. The monoisotopic (exact) mass is 235 g/mol. The first-order valence-corrected chi connectivity index (χ1v) is 6.03. The predicted molar refractivity (Wildman–Crippen MR) is 70.5 cm³/mol. The molecule has 0 spiro atoms. The third-order valence-corrected chi connectivity index (χ3v) is 3.41. The number of carboxylic acid groups (broad SMARTS) is 1. The minimum absolute atomic E-state index is 0.573. The highest BCUT2D eigenvalue weighted by molar-refractivity contribution is 5.83. The molecule has 94 valence electrons. The highest BCUT2D eigenvalue weighted by atomic mass is 16.4. The average molecular weight is 235 g/mol. The van der Waals surface area contributed by atoms with Crippen LogP contribution in [0.15, 0.2) is 24.3 Å². The summed E-state index contributed by atoms with van der Waals surface area (Å²) < 4.78 is 0. The van der Waals surface area contributed by atoms with E-state index in [2.05, 4.69) is 0 Å². The van der Waals surface area contributed by atoms with E-state index >= 15 is 0 Å². The number of carboxylic acids is 1. The van der Waals surface area contributed by atoms with Crippen molar-refractivity contribution in [3.8, 4) is 0 Å². The van der Waals surface area contributed by atoms with E-state index in [9.17, 15) is 9.90 Å². The van der Waals surface area contributed by atoms with Gasteiger partial charge in [-0.05, 0) is 39.3 Å². The van der Waals surface area contributed by atoms with Gasteiger partial charge in [0.15, 0.2) is 0 Å². The number of nitrogens with zero attached hydrogens (tertiary/aromatic N) is 1. The molecule has 17 heavy (non-hydrogen) atoms. The smallest absolute Gasteiger partial charge is 0.329 e. The van der Waals surface area contributed by atoms with Crippen molar-refractivity contribution < 1.29 is 9.90 Å². The summed E-state index contributed by atoms with van der Waals surface area (Å²) in [4.78, 5) is 13.4. The van der Waals surface area contributed by atoms with Gasteiger partial charge in [-0.1, -0.05) is 24.6 Å². The summed E-state index contributed by atoms with van der Waals surface area (Å²) in [7, 11) is 0. The van der Waals surface area contributed by atoms with Gasteiger partial charge in [0, 0.05) is 12.2 Å². The van der Waals surface area contributed by atoms with Gasteiger partial charge >= 0.3 is 5.97 Å². The van der Waals surface area contributed by atoms with Gasteiger partial charge in [0.25, 0.3) is 0 Å². The first kappa shape index (κ1) is 13.6. The van der Waals surface area contributed by atoms with Gasteiger partial charge in [-0.25, -0.2) is 4.79 Å². The Kier molecular flexibility index (Phi) is 4.16. The number of anilines is 1. The maximum Gasteiger partial charge on any atom is 0.329 e. The largest absolute Gasteiger partial charge is 0.480 e. The molecule has 0 aliphatic rings. The van der Waals surface area contributed by atoms with Gasteiger partial charge in [0.05, 0.1) is 0 Å².